The van der Waals surface area contributed by atoms with Crippen LogP contribution in [-0.2, 0) is 6.54 Å². The minimum Gasteiger partial charge on any atom is -0.390 e. The summed E-state index contributed by atoms with van der Waals surface area (Å²) in [6.07, 6.45) is 1.12. The first kappa shape index (κ1) is 23.1. The maximum atomic E-state index is 12.8. The lowest BCUT2D eigenvalue weighted by molar-refractivity contribution is 0.0557. The van der Waals surface area contributed by atoms with Crippen LogP contribution in [0.1, 0.15) is 40.9 Å². The molecule has 4 rings (SSSR count). The molecule has 0 saturated heterocycles. The Labute approximate surface area is 199 Å². The molecule has 0 fully saturated rings. The number of fused-ring (bicyclic) bond motifs is 2. The molecule has 0 aliphatic carbocycles. The summed E-state index contributed by atoms with van der Waals surface area (Å²) < 4.78 is 0. The van der Waals surface area contributed by atoms with Crippen LogP contribution in [0.4, 0.5) is 5.82 Å². The van der Waals surface area contributed by atoms with Gasteiger partial charge >= 0.3 is 0 Å². The SMILES string of the molecule is CCN(CC)CC(O)CN1Cc2cc(C#Cc3c(N)ncc4ccc(Cl)cc34)ccc2C1=O. The molecule has 7 heteroatoms. The molecule has 1 aromatic heterocycles. The van der Waals surface area contributed by atoms with Crippen LogP contribution in [0.25, 0.3) is 10.8 Å². The number of halogens is 1. The van der Waals surface area contributed by atoms with Crippen LogP contribution < -0.4 is 5.73 Å². The number of nitrogens with zero attached hydrogens (tertiary/aromatic N) is 3. The lowest BCUT2D eigenvalue weighted by atomic mass is 10.0. The monoisotopic (exact) mass is 462 g/mol. The zero-order chi connectivity index (χ0) is 23.5. The number of anilines is 1. The molecule has 3 aromatic rings. The maximum Gasteiger partial charge on any atom is 0.254 e. The van der Waals surface area contributed by atoms with Crippen LogP contribution in [0.15, 0.2) is 42.6 Å². The Kier molecular flexibility index (Phi) is 6.85. The maximum absolute atomic E-state index is 12.8. The summed E-state index contributed by atoms with van der Waals surface area (Å²) in [5, 5.41) is 12.8. The van der Waals surface area contributed by atoms with Crippen molar-refractivity contribution >= 4 is 34.1 Å². The number of aliphatic hydroxyl groups excluding tert-OH is 1. The van der Waals surface area contributed by atoms with E-state index in [0.717, 1.165) is 35.0 Å². The molecule has 0 spiro atoms. The number of amides is 1. The van der Waals surface area contributed by atoms with Crippen LogP contribution in [0.2, 0.25) is 5.02 Å². The topological polar surface area (TPSA) is 82.7 Å². The Balaban J connectivity index is 1.55. The lowest BCUT2D eigenvalue weighted by Gasteiger charge is -2.25. The van der Waals surface area contributed by atoms with Crippen molar-refractivity contribution in [2.24, 2.45) is 0 Å². The third-order valence-electron chi connectivity index (χ3n) is 5.99. The second-order valence-corrected chi connectivity index (χ2v) is 8.63. The molecule has 6 nitrogen and oxygen atoms in total. The van der Waals surface area contributed by atoms with Crippen molar-refractivity contribution in [2.45, 2.75) is 26.5 Å². The van der Waals surface area contributed by atoms with Gasteiger partial charge in [-0.25, -0.2) is 4.98 Å². The fraction of sp³-hybridized carbons (Fsp3) is 0.308. The first-order valence-electron chi connectivity index (χ1n) is 11.1. The van der Waals surface area contributed by atoms with Gasteiger partial charge in [0.25, 0.3) is 5.91 Å². The number of pyridine rings is 1. The molecule has 170 valence electrons. The van der Waals surface area contributed by atoms with Crippen LogP contribution in [-0.4, -0.2) is 58.1 Å². The largest absolute Gasteiger partial charge is 0.390 e. The quantitative estimate of drug-likeness (QED) is 0.547. The number of benzene rings is 2. The average Bonchev–Trinajstić information content (AvgIpc) is 3.11. The third-order valence-corrected chi connectivity index (χ3v) is 6.23. The molecular weight excluding hydrogens is 436 g/mol. The number of nitrogen functional groups attached to an aromatic ring is 1. The average molecular weight is 463 g/mol. The molecule has 0 bridgehead atoms. The summed E-state index contributed by atoms with van der Waals surface area (Å²) in [7, 11) is 0. The summed E-state index contributed by atoms with van der Waals surface area (Å²) >= 11 is 6.17. The molecule has 2 heterocycles. The highest BCUT2D eigenvalue weighted by Gasteiger charge is 2.29. The first-order valence-corrected chi connectivity index (χ1v) is 11.5. The fourth-order valence-corrected chi connectivity index (χ4v) is 4.34. The van der Waals surface area contributed by atoms with Crippen molar-refractivity contribution in [2.75, 3.05) is 31.9 Å². The van der Waals surface area contributed by atoms with E-state index in [4.69, 9.17) is 17.3 Å². The van der Waals surface area contributed by atoms with E-state index in [9.17, 15) is 9.90 Å². The molecule has 2 aromatic carbocycles. The summed E-state index contributed by atoms with van der Waals surface area (Å²) in [5.74, 6) is 6.59. The van der Waals surface area contributed by atoms with E-state index in [1.54, 1.807) is 23.2 Å². The predicted octanol–water partition coefficient (Wildman–Crippen LogP) is 3.53. The Bertz CT molecular complexity index is 1260. The van der Waals surface area contributed by atoms with Gasteiger partial charge in [-0.2, -0.15) is 0 Å². The Morgan fingerprint density at radius 3 is 2.76 bits per heavy atom. The number of aromatic nitrogens is 1. The number of rotatable bonds is 6. The number of likely N-dealkylation sites (N-methyl/N-ethyl adjacent to an activating group) is 1. The number of hydrogen-bond donors (Lipinski definition) is 2. The van der Waals surface area contributed by atoms with Crippen molar-refractivity contribution in [1.82, 2.24) is 14.8 Å². The van der Waals surface area contributed by atoms with Gasteiger partial charge in [0.05, 0.1) is 11.7 Å². The zero-order valence-corrected chi connectivity index (χ0v) is 19.6. The molecule has 1 aliphatic rings. The van der Waals surface area contributed by atoms with Gasteiger partial charge in [-0.05, 0) is 49.0 Å². The van der Waals surface area contributed by atoms with Crippen LogP contribution >= 0.6 is 11.6 Å². The smallest absolute Gasteiger partial charge is 0.254 e. The molecule has 1 aliphatic heterocycles. The van der Waals surface area contributed by atoms with Crippen molar-refractivity contribution in [1.29, 1.82) is 0 Å². The molecule has 1 atom stereocenters. The summed E-state index contributed by atoms with van der Waals surface area (Å²) in [4.78, 5) is 20.9. The van der Waals surface area contributed by atoms with Crippen molar-refractivity contribution < 1.29 is 9.90 Å². The van der Waals surface area contributed by atoms with Gasteiger partial charge in [0.15, 0.2) is 0 Å². The van der Waals surface area contributed by atoms with E-state index in [1.165, 1.54) is 0 Å². The van der Waals surface area contributed by atoms with Crippen LogP contribution in [0.5, 0.6) is 0 Å². The van der Waals surface area contributed by atoms with E-state index in [-0.39, 0.29) is 5.91 Å². The van der Waals surface area contributed by atoms with Gasteiger partial charge in [0.2, 0.25) is 0 Å². The molecule has 1 unspecified atom stereocenters. The number of carbonyl (C=O) groups excluding carboxylic acids is 1. The summed E-state index contributed by atoms with van der Waals surface area (Å²) in [6, 6.07) is 11.1. The van der Waals surface area contributed by atoms with Gasteiger partial charge in [-0.3, -0.25) is 4.79 Å². The van der Waals surface area contributed by atoms with Gasteiger partial charge in [-0.1, -0.05) is 43.4 Å². The number of hydrogen-bond acceptors (Lipinski definition) is 5. The highest BCUT2D eigenvalue weighted by atomic mass is 35.5. The van der Waals surface area contributed by atoms with Gasteiger partial charge in [0, 0.05) is 52.8 Å². The van der Waals surface area contributed by atoms with E-state index in [1.807, 2.05) is 24.3 Å². The van der Waals surface area contributed by atoms with Crippen LogP contribution in [0.3, 0.4) is 0 Å². The number of β-amino-alcohol motifs (C(OH)–C–C–N with tert-alkyl or cyclic N) is 1. The van der Waals surface area contributed by atoms with Crippen molar-refractivity contribution in [3.05, 3.63) is 69.9 Å². The number of carbonyl (C=O) groups is 1. The van der Waals surface area contributed by atoms with Gasteiger partial charge in [-0.15, -0.1) is 0 Å². The molecule has 1 amide bonds. The highest BCUT2D eigenvalue weighted by Crippen LogP contribution is 2.26. The Morgan fingerprint density at radius 1 is 1.21 bits per heavy atom. The first-order chi connectivity index (χ1) is 15.9. The second-order valence-electron chi connectivity index (χ2n) is 8.20. The zero-order valence-electron chi connectivity index (χ0n) is 18.8. The van der Waals surface area contributed by atoms with E-state index in [0.29, 0.717) is 41.6 Å². The lowest BCUT2D eigenvalue weighted by Crippen LogP contribution is -2.40. The fourth-order valence-electron chi connectivity index (χ4n) is 4.16. The second kappa shape index (κ2) is 9.80. The molecule has 0 radical (unpaired) electrons. The molecule has 33 heavy (non-hydrogen) atoms. The molecular formula is C26H27ClN4O2. The minimum absolute atomic E-state index is 0.0553. The third kappa shape index (κ3) is 4.96. The van der Waals surface area contributed by atoms with E-state index < -0.39 is 6.10 Å². The standard InChI is InChI=1S/C26H27ClN4O2/c1-3-30(4-2)15-21(32)16-31-14-19-11-17(5-9-22(19)26(31)33)6-10-23-24-12-20(27)8-7-18(24)13-29-25(23)28/h5,7-9,11-13,21,32H,3-4,14-16H2,1-2H3,(H2,28,29). The normalized spacial score (nSPS) is 13.8. The van der Waals surface area contributed by atoms with E-state index >= 15 is 0 Å². The van der Waals surface area contributed by atoms with E-state index in [2.05, 4.69) is 35.6 Å². The minimum atomic E-state index is -0.587. The van der Waals surface area contributed by atoms with Gasteiger partial charge in [0.1, 0.15) is 5.82 Å². The molecule has 3 N–H and O–H groups in total. The Hall–Kier alpha value is -3.11. The van der Waals surface area contributed by atoms with Gasteiger partial charge < -0.3 is 20.6 Å². The van der Waals surface area contributed by atoms with Crippen LogP contribution in [0, 0.1) is 11.8 Å². The Morgan fingerprint density at radius 2 is 2.00 bits per heavy atom. The summed E-state index contributed by atoms with van der Waals surface area (Å²) in [6.45, 7) is 7.18. The number of aliphatic hydroxyl groups is 1. The van der Waals surface area contributed by atoms with Crippen molar-refractivity contribution in [3.63, 3.8) is 0 Å². The highest BCUT2D eigenvalue weighted by molar-refractivity contribution is 6.31. The predicted molar refractivity (Wildman–Crippen MR) is 132 cm³/mol. The number of nitrogens with two attached hydrogens (primary N) is 1. The van der Waals surface area contributed by atoms with Crippen molar-refractivity contribution in [3.8, 4) is 11.8 Å². The molecule has 0 saturated carbocycles. The summed E-state index contributed by atoms with van der Waals surface area (Å²) in [5.41, 5.74) is 9.08.